The van der Waals surface area contributed by atoms with Gasteiger partial charge in [0.2, 0.25) is 0 Å². The first kappa shape index (κ1) is 22.5. The van der Waals surface area contributed by atoms with E-state index in [1.54, 1.807) is 6.07 Å². The quantitative estimate of drug-likeness (QED) is 0.297. The van der Waals surface area contributed by atoms with Crippen molar-refractivity contribution in [2.24, 2.45) is 0 Å². The van der Waals surface area contributed by atoms with E-state index in [2.05, 4.69) is 48.9 Å². The minimum atomic E-state index is 0.608. The van der Waals surface area contributed by atoms with E-state index >= 15 is 0 Å². The second-order valence-corrected chi connectivity index (χ2v) is 8.10. The van der Waals surface area contributed by atoms with E-state index < -0.39 is 0 Å². The SMILES string of the molecule is CCCCOc1ccc(/C=C/c2nc(-c3ccc(Cl)cc3Cl)cn2CCCC)cc1. The lowest BCUT2D eigenvalue weighted by Crippen LogP contribution is -1.98. The van der Waals surface area contributed by atoms with Crippen LogP contribution in [0.1, 0.15) is 50.9 Å². The number of unbranched alkanes of at least 4 members (excludes halogenated alkanes) is 2. The van der Waals surface area contributed by atoms with Gasteiger partial charge in [-0.2, -0.15) is 0 Å². The molecule has 0 aliphatic rings. The number of aryl methyl sites for hydroxylation is 1. The fourth-order valence-corrected chi connectivity index (χ4v) is 3.58. The Hall–Kier alpha value is -2.23. The number of benzene rings is 2. The van der Waals surface area contributed by atoms with Gasteiger partial charge in [0.25, 0.3) is 0 Å². The fraction of sp³-hybridized carbons (Fsp3) is 0.320. The normalized spacial score (nSPS) is 11.3. The highest BCUT2D eigenvalue weighted by Gasteiger charge is 2.11. The molecular formula is C25H28Cl2N2O. The summed E-state index contributed by atoms with van der Waals surface area (Å²) >= 11 is 12.4. The standard InChI is InChI=1S/C25H28Cl2N2O/c1-3-5-15-29-18-24(22-13-10-20(26)17-23(22)27)28-25(29)14-9-19-7-11-21(12-8-19)30-16-6-4-2/h7-14,17-18H,3-6,15-16H2,1-2H3/b14-9+. The summed E-state index contributed by atoms with van der Waals surface area (Å²) in [4.78, 5) is 4.83. The molecule has 0 unspecified atom stereocenters. The van der Waals surface area contributed by atoms with Gasteiger partial charge in [-0.25, -0.2) is 4.98 Å². The van der Waals surface area contributed by atoms with Crippen LogP contribution in [-0.2, 0) is 6.54 Å². The van der Waals surface area contributed by atoms with Crippen LogP contribution in [-0.4, -0.2) is 16.2 Å². The van der Waals surface area contributed by atoms with E-state index in [-0.39, 0.29) is 0 Å². The van der Waals surface area contributed by atoms with Gasteiger partial charge in [-0.3, -0.25) is 0 Å². The molecule has 0 aliphatic carbocycles. The average Bonchev–Trinajstić information content (AvgIpc) is 3.14. The molecule has 3 nitrogen and oxygen atoms in total. The molecule has 0 saturated carbocycles. The molecule has 1 aromatic heterocycles. The molecule has 0 N–H and O–H groups in total. The molecule has 0 aliphatic heterocycles. The number of hydrogen-bond donors (Lipinski definition) is 0. The first-order chi connectivity index (χ1) is 14.6. The predicted octanol–water partition coefficient (Wildman–Crippen LogP) is 8.01. The van der Waals surface area contributed by atoms with Gasteiger partial charge in [0, 0.05) is 23.3 Å². The number of imidazole rings is 1. The van der Waals surface area contributed by atoms with Gasteiger partial charge in [0.1, 0.15) is 11.6 Å². The van der Waals surface area contributed by atoms with Crippen LogP contribution < -0.4 is 4.74 Å². The number of aromatic nitrogens is 2. The van der Waals surface area contributed by atoms with Crippen LogP contribution in [0, 0.1) is 0 Å². The Morgan fingerprint density at radius 1 is 0.967 bits per heavy atom. The first-order valence-electron chi connectivity index (χ1n) is 10.5. The topological polar surface area (TPSA) is 27.1 Å². The third kappa shape index (κ3) is 6.13. The summed E-state index contributed by atoms with van der Waals surface area (Å²) in [6.07, 6.45) is 10.6. The van der Waals surface area contributed by atoms with E-state index in [1.165, 1.54) is 0 Å². The molecule has 0 atom stereocenters. The number of ether oxygens (including phenoxy) is 1. The Morgan fingerprint density at radius 3 is 2.43 bits per heavy atom. The Labute approximate surface area is 189 Å². The molecule has 0 spiro atoms. The van der Waals surface area contributed by atoms with Crippen LogP contribution in [0.3, 0.4) is 0 Å². The predicted molar refractivity (Wildman–Crippen MR) is 128 cm³/mol. The molecule has 0 saturated heterocycles. The molecule has 2 aromatic carbocycles. The summed E-state index contributed by atoms with van der Waals surface area (Å²) < 4.78 is 7.92. The molecule has 0 radical (unpaired) electrons. The van der Waals surface area contributed by atoms with Crippen molar-refractivity contribution in [3.05, 3.63) is 70.1 Å². The van der Waals surface area contributed by atoms with Crippen LogP contribution >= 0.6 is 23.2 Å². The number of hydrogen-bond acceptors (Lipinski definition) is 2. The lowest BCUT2D eigenvalue weighted by atomic mass is 10.2. The van der Waals surface area contributed by atoms with Gasteiger partial charge in [0.15, 0.2) is 0 Å². The Balaban J connectivity index is 1.80. The molecule has 3 rings (SSSR count). The lowest BCUT2D eigenvalue weighted by Gasteiger charge is -2.05. The number of nitrogens with zero attached hydrogens (tertiary/aromatic N) is 2. The zero-order chi connectivity index (χ0) is 21.3. The van der Waals surface area contributed by atoms with Crippen LogP contribution in [0.5, 0.6) is 5.75 Å². The Kier molecular flexibility index (Phi) is 8.41. The van der Waals surface area contributed by atoms with Crippen molar-refractivity contribution in [3.63, 3.8) is 0 Å². The van der Waals surface area contributed by atoms with Gasteiger partial charge < -0.3 is 9.30 Å². The van der Waals surface area contributed by atoms with Crippen LogP contribution in [0.2, 0.25) is 10.0 Å². The number of rotatable bonds is 10. The fourth-order valence-electron chi connectivity index (χ4n) is 3.08. The molecule has 0 amide bonds. The lowest BCUT2D eigenvalue weighted by molar-refractivity contribution is 0.309. The number of halogens is 2. The molecular weight excluding hydrogens is 415 g/mol. The second kappa shape index (κ2) is 11.2. The van der Waals surface area contributed by atoms with Gasteiger partial charge in [-0.1, -0.05) is 68.1 Å². The zero-order valence-electron chi connectivity index (χ0n) is 17.6. The van der Waals surface area contributed by atoms with E-state index in [1.807, 2.05) is 24.3 Å². The molecule has 30 heavy (non-hydrogen) atoms. The third-order valence-corrected chi connectivity index (χ3v) is 5.39. The molecule has 0 fully saturated rings. The van der Waals surface area contributed by atoms with Gasteiger partial charge >= 0.3 is 0 Å². The molecule has 5 heteroatoms. The second-order valence-electron chi connectivity index (χ2n) is 7.26. The average molecular weight is 443 g/mol. The zero-order valence-corrected chi connectivity index (χ0v) is 19.1. The van der Waals surface area contributed by atoms with Crippen molar-refractivity contribution in [2.75, 3.05) is 6.61 Å². The van der Waals surface area contributed by atoms with Crippen LogP contribution in [0.15, 0.2) is 48.7 Å². The van der Waals surface area contributed by atoms with Crippen molar-refractivity contribution in [1.29, 1.82) is 0 Å². The highest BCUT2D eigenvalue weighted by Crippen LogP contribution is 2.30. The van der Waals surface area contributed by atoms with Gasteiger partial charge in [-0.05, 0) is 54.8 Å². The third-order valence-electron chi connectivity index (χ3n) is 4.84. The van der Waals surface area contributed by atoms with Crippen molar-refractivity contribution in [1.82, 2.24) is 9.55 Å². The van der Waals surface area contributed by atoms with E-state index in [0.717, 1.165) is 67.2 Å². The Bertz CT molecular complexity index is 977. The summed E-state index contributed by atoms with van der Waals surface area (Å²) in [7, 11) is 0. The van der Waals surface area contributed by atoms with E-state index in [4.69, 9.17) is 32.9 Å². The van der Waals surface area contributed by atoms with Crippen molar-refractivity contribution < 1.29 is 4.74 Å². The summed E-state index contributed by atoms with van der Waals surface area (Å²) in [5.74, 6) is 1.82. The molecule has 0 bridgehead atoms. The maximum absolute atomic E-state index is 6.40. The molecule has 1 heterocycles. The van der Waals surface area contributed by atoms with E-state index in [9.17, 15) is 0 Å². The van der Waals surface area contributed by atoms with Crippen molar-refractivity contribution in [2.45, 2.75) is 46.1 Å². The van der Waals surface area contributed by atoms with Crippen LogP contribution in [0.25, 0.3) is 23.4 Å². The highest BCUT2D eigenvalue weighted by molar-refractivity contribution is 6.36. The maximum atomic E-state index is 6.40. The first-order valence-corrected chi connectivity index (χ1v) is 11.3. The molecule has 3 aromatic rings. The van der Waals surface area contributed by atoms with Crippen molar-refractivity contribution >= 4 is 35.4 Å². The summed E-state index contributed by atoms with van der Waals surface area (Å²) in [6, 6.07) is 13.7. The monoisotopic (exact) mass is 442 g/mol. The maximum Gasteiger partial charge on any atom is 0.133 e. The Morgan fingerprint density at radius 2 is 1.73 bits per heavy atom. The van der Waals surface area contributed by atoms with E-state index in [0.29, 0.717) is 10.0 Å². The summed E-state index contributed by atoms with van der Waals surface area (Å²) in [5.41, 5.74) is 2.85. The summed E-state index contributed by atoms with van der Waals surface area (Å²) in [6.45, 7) is 6.02. The highest BCUT2D eigenvalue weighted by atomic mass is 35.5. The smallest absolute Gasteiger partial charge is 0.133 e. The van der Waals surface area contributed by atoms with Crippen molar-refractivity contribution in [3.8, 4) is 17.0 Å². The molecule has 158 valence electrons. The largest absolute Gasteiger partial charge is 0.494 e. The minimum absolute atomic E-state index is 0.608. The van der Waals surface area contributed by atoms with Gasteiger partial charge in [0.05, 0.1) is 17.3 Å². The minimum Gasteiger partial charge on any atom is -0.494 e. The van der Waals surface area contributed by atoms with Crippen LogP contribution in [0.4, 0.5) is 0 Å². The van der Waals surface area contributed by atoms with Gasteiger partial charge in [-0.15, -0.1) is 0 Å². The summed E-state index contributed by atoms with van der Waals surface area (Å²) in [5, 5.41) is 1.23.